The predicted octanol–water partition coefficient (Wildman–Crippen LogP) is 4.71. The van der Waals surface area contributed by atoms with Gasteiger partial charge < -0.3 is 44.8 Å². The molecule has 216 valence electrons. The highest BCUT2D eigenvalue weighted by Crippen LogP contribution is 2.80. The third-order valence-corrected chi connectivity index (χ3v) is 9.07. The van der Waals surface area contributed by atoms with Crippen LogP contribution in [-0.2, 0) is 15.3 Å². The number of hydrogen-bond acceptors (Lipinski definition) is 10. The summed E-state index contributed by atoms with van der Waals surface area (Å²) in [6.45, 7) is 1.64. The van der Waals surface area contributed by atoms with Crippen LogP contribution in [0.25, 0.3) is 12.2 Å². The Kier molecular flexibility index (Phi) is 4.68. The molecule has 10 nitrogen and oxygen atoms in total. The van der Waals surface area contributed by atoms with Crippen LogP contribution in [0.2, 0.25) is 0 Å². The van der Waals surface area contributed by atoms with Gasteiger partial charge in [0.15, 0.2) is 17.0 Å². The lowest BCUT2D eigenvalue weighted by atomic mass is 9.72. The third-order valence-electron chi connectivity index (χ3n) is 9.07. The Balaban J connectivity index is 1.32. The van der Waals surface area contributed by atoms with Crippen molar-refractivity contribution in [3.05, 3.63) is 94.5 Å². The molecule has 1 saturated heterocycles. The van der Waals surface area contributed by atoms with E-state index in [0.29, 0.717) is 22.4 Å². The second-order valence-corrected chi connectivity index (χ2v) is 11.5. The first-order valence-electron chi connectivity index (χ1n) is 13.5. The first kappa shape index (κ1) is 25.4. The van der Waals surface area contributed by atoms with E-state index in [1.54, 1.807) is 31.2 Å². The van der Waals surface area contributed by atoms with E-state index in [1.807, 2.05) is 0 Å². The Hall–Kier alpha value is -5.35. The van der Waals surface area contributed by atoms with E-state index >= 15 is 0 Å². The highest BCUT2D eigenvalue weighted by molar-refractivity contribution is 6.03. The summed E-state index contributed by atoms with van der Waals surface area (Å²) in [6, 6.07) is 15.8. The van der Waals surface area contributed by atoms with Gasteiger partial charge in [-0.1, -0.05) is 18.2 Å². The average Bonchev–Trinajstić information content (AvgIpc) is 3.44. The zero-order chi connectivity index (χ0) is 30.1. The number of hydrogen-bond donors (Lipinski definition) is 6. The zero-order valence-corrected chi connectivity index (χ0v) is 22.5. The lowest BCUT2D eigenvalue weighted by Gasteiger charge is -2.32. The number of aromatic hydroxyl groups is 6. The Morgan fingerprint density at radius 1 is 0.721 bits per heavy atom. The molecule has 0 amide bonds. The summed E-state index contributed by atoms with van der Waals surface area (Å²) in [5.74, 6) is -4.40. The van der Waals surface area contributed by atoms with Gasteiger partial charge in [0.25, 0.3) is 5.79 Å². The molecule has 8 rings (SSSR count). The van der Waals surface area contributed by atoms with Crippen molar-refractivity contribution in [3.63, 3.8) is 0 Å². The van der Waals surface area contributed by atoms with Crippen LogP contribution in [0.4, 0.5) is 0 Å². The van der Waals surface area contributed by atoms with Crippen LogP contribution in [0, 0.1) is 0 Å². The minimum atomic E-state index is -1.70. The maximum Gasteiger partial charge on any atom is 0.273 e. The number of phenols is 6. The van der Waals surface area contributed by atoms with Gasteiger partial charge in [-0.25, -0.2) is 0 Å². The zero-order valence-electron chi connectivity index (χ0n) is 22.5. The Labute approximate surface area is 243 Å². The molecule has 1 aliphatic carbocycles. The Morgan fingerprint density at radius 2 is 1.42 bits per heavy atom. The quantitative estimate of drug-likeness (QED) is 0.147. The van der Waals surface area contributed by atoms with Crippen molar-refractivity contribution in [1.29, 1.82) is 0 Å². The van der Waals surface area contributed by atoms with E-state index in [9.17, 15) is 35.4 Å². The number of carbonyl (C=O) groups excluding carboxylic acids is 1. The topological polar surface area (TPSA) is 169 Å². The van der Waals surface area contributed by atoms with Crippen LogP contribution >= 0.6 is 0 Å². The van der Waals surface area contributed by atoms with Crippen molar-refractivity contribution >= 4 is 17.9 Å². The number of ketones is 1. The van der Waals surface area contributed by atoms with E-state index < -0.39 is 28.8 Å². The van der Waals surface area contributed by atoms with Crippen molar-refractivity contribution in [2.75, 3.05) is 0 Å². The van der Waals surface area contributed by atoms with Crippen molar-refractivity contribution in [3.8, 4) is 46.0 Å². The van der Waals surface area contributed by atoms with Crippen LogP contribution in [0.3, 0.4) is 0 Å². The molecule has 0 radical (unpaired) electrons. The molecule has 6 N–H and O–H groups in total. The molecule has 2 fully saturated rings. The van der Waals surface area contributed by atoms with Gasteiger partial charge in [0.2, 0.25) is 0 Å². The summed E-state index contributed by atoms with van der Waals surface area (Å²) in [5.41, 5.74) is -1.02. The van der Waals surface area contributed by atoms with Gasteiger partial charge in [-0.15, -0.1) is 0 Å². The van der Waals surface area contributed by atoms with Crippen molar-refractivity contribution in [1.82, 2.24) is 0 Å². The molecule has 5 atom stereocenters. The normalized spacial score (nSPS) is 29.2. The minimum absolute atomic E-state index is 0.0351. The number of epoxide rings is 1. The van der Waals surface area contributed by atoms with Crippen molar-refractivity contribution in [2.24, 2.45) is 0 Å². The van der Waals surface area contributed by atoms with Gasteiger partial charge in [0.05, 0.1) is 17.4 Å². The molecule has 43 heavy (non-hydrogen) atoms. The standard InChI is InChI=1S/C33H24O10/c1-31-29(20-8-6-19(36)14-25(20)41-31)32-28(30(31)40)27-24(39)10-15(2-3-16-4-5-17(34)12-22(16)37)11-26(27)42-33(32,43-32)21-9-7-18(35)13-23(21)38/h2-14,28-29,34-39H,1H3/b3-2-. The number of phenolic OH excluding ortho intramolecular Hbond substituents is 6. The lowest BCUT2D eigenvalue weighted by Crippen LogP contribution is -2.41. The second-order valence-electron chi connectivity index (χ2n) is 11.5. The highest BCUT2D eigenvalue weighted by atomic mass is 16.8. The Morgan fingerprint density at radius 3 is 2.16 bits per heavy atom. The summed E-state index contributed by atoms with van der Waals surface area (Å²) >= 11 is 0. The Bertz CT molecular complexity index is 1950. The summed E-state index contributed by atoms with van der Waals surface area (Å²) < 4.78 is 19.3. The van der Waals surface area contributed by atoms with Gasteiger partial charge in [-0.3, -0.25) is 4.79 Å². The number of fused-ring (bicyclic) bond motifs is 5. The first-order valence-corrected chi connectivity index (χ1v) is 13.5. The van der Waals surface area contributed by atoms with Crippen molar-refractivity contribution < 1.29 is 49.6 Å². The molecule has 0 bridgehead atoms. The number of Topliss-reactive ketones (excluding diaryl/α,β-unsaturated/α-hetero) is 1. The molecule has 5 unspecified atom stereocenters. The fourth-order valence-corrected chi connectivity index (χ4v) is 7.31. The largest absolute Gasteiger partial charge is 0.508 e. The fourth-order valence-electron chi connectivity index (χ4n) is 7.31. The minimum Gasteiger partial charge on any atom is -0.508 e. The molecule has 3 aliphatic heterocycles. The monoisotopic (exact) mass is 580 g/mol. The number of ether oxygens (including phenoxy) is 3. The second kappa shape index (κ2) is 7.93. The smallest absolute Gasteiger partial charge is 0.273 e. The molecule has 1 spiro atoms. The maximum atomic E-state index is 14.4. The summed E-state index contributed by atoms with van der Waals surface area (Å²) in [5, 5.41) is 62.3. The molecule has 10 heteroatoms. The first-order chi connectivity index (χ1) is 20.5. The van der Waals surface area contributed by atoms with Crippen LogP contribution in [-0.4, -0.2) is 47.6 Å². The van der Waals surface area contributed by atoms with Crippen LogP contribution in [0.1, 0.15) is 46.6 Å². The van der Waals surface area contributed by atoms with Crippen molar-refractivity contribution in [2.45, 2.75) is 35.7 Å². The lowest BCUT2D eigenvalue weighted by molar-refractivity contribution is -0.130. The molecule has 4 aliphatic rings. The molecule has 0 aromatic heterocycles. The summed E-state index contributed by atoms with van der Waals surface area (Å²) in [4.78, 5) is 14.4. The van der Waals surface area contributed by atoms with Crippen LogP contribution in [0.5, 0.6) is 46.0 Å². The number of rotatable bonds is 3. The highest BCUT2D eigenvalue weighted by Gasteiger charge is 2.92. The molecule has 4 aromatic carbocycles. The molecular weight excluding hydrogens is 556 g/mol. The molecular formula is C33H24O10. The SMILES string of the molecule is CC12Oc3cc(O)ccc3C1C13OC1(c1ccc(O)cc1O)Oc1cc(/C=C\c4ccc(O)cc4O)cc(O)c1C3C2=O. The van der Waals surface area contributed by atoms with E-state index in [0.717, 1.165) is 6.07 Å². The summed E-state index contributed by atoms with van der Waals surface area (Å²) in [7, 11) is 0. The maximum absolute atomic E-state index is 14.4. The van der Waals surface area contributed by atoms with Crippen LogP contribution < -0.4 is 9.47 Å². The molecule has 3 heterocycles. The van der Waals surface area contributed by atoms with Gasteiger partial charge in [-0.2, -0.15) is 0 Å². The average molecular weight is 581 g/mol. The van der Waals surface area contributed by atoms with E-state index in [1.165, 1.54) is 48.5 Å². The van der Waals surface area contributed by atoms with E-state index in [4.69, 9.17) is 14.2 Å². The molecule has 1 saturated carbocycles. The van der Waals surface area contributed by atoms with Crippen LogP contribution in [0.15, 0.2) is 66.7 Å². The van der Waals surface area contributed by atoms with E-state index in [-0.39, 0.29) is 57.2 Å². The van der Waals surface area contributed by atoms with E-state index in [2.05, 4.69) is 0 Å². The van der Waals surface area contributed by atoms with Gasteiger partial charge in [0, 0.05) is 34.9 Å². The van der Waals surface area contributed by atoms with Gasteiger partial charge in [-0.05, 0) is 55.0 Å². The van der Waals surface area contributed by atoms with Gasteiger partial charge in [0.1, 0.15) is 46.0 Å². The third kappa shape index (κ3) is 3.07. The fraction of sp³-hybridized carbons (Fsp3) is 0.182. The summed E-state index contributed by atoms with van der Waals surface area (Å²) in [6.07, 6.45) is 3.21. The predicted molar refractivity (Wildman–Crippen MR) is 150 cm³/mol. The van der Waals surface area contributed by atoms with Gasteiger partial charge >= 0.3 is 0 Å². The molecule has 4 aromatic rings. The number of carbonyl (C=O) groups is 1. The number of benzene rings is 4.